The van der Waals surface area contributed by atoms with Crippen molar-refractivity contribution in [2.24, 2.45) is 29.6 Å². The van der Waals surface area contributed by atoms with Crippen LogP contribution in [-0.2, 0) is 32.1 Å². The maximum atomic E-state index is 7.00. The zero-order chi connectivity index (χ0) is 50.4. The molecule has 5 aromatic rings. The summed E-state index contributed by atoms with van der Waals surface area (Å²) in [5, 5.41) is 0. The number of benzene rings is 5. The van der Waals surface area contributed by atoms with Crippen molar-refractivity contribution in [1.29, 1.82) is 0 Å². The Labute approximate surface area is 452 Å². The standard InChI is InChI=1S/C70H90O5/c1-6-16-51(17-7-1)46-71-66-41-56-26-31-61(66)36-57-27-32-63(67(42-57)72-47-52-18-8-2-9-19-52)38-59-29-34-65(69(44-59)74-49-54-22-12-4-13-23-54)40-60-30-35-64(70(45-60)75-50-55-24-14-5-15-25-55)39-58-28-33-62(37-56)68(43-58)73-48-53-20-10-3-11-21-53/h26-35,41-45,51-55H,1-25,36-40,46-50H2. The Balaban J connectivity index is 0.981. The van der Waals surface area contributed by atoms with E-state index < -0.39 is 0 Å². The van der Waals surface area contributed by atoms with Crippen LogP contribution < -0.4 is 23.7 Å². The summed E-state index contributed by atoms with van der Waals surface area (Å²) < 4.78 is 35.0. The second-order valence-electron chi connectivity index (χ2n) is 24.7. The lowest BCUT2D eigenvalue weighted by molar-refractivity contribution is 0.206. The molecular formula is C70H90O5. The molecule has 5 nitrogen and oxygen atoms in total. The van der Waals surface area contributed by atoms with Crippen LogP contribution in [0.5, 0.6) is 28.7 Å². The van der Waals surface area contributed by atoms with Crippen LogP contribution in [0.4, 0.5) is 0 Å². The van der Waals surface area contributed by atoms with Crippen LogP contribution in [0.25, 0.3) is 0 Å². The minimum atomic E-state index is 0.618. The molecule has 15 aliphatic carbocycles. The van der Waals surface area contributed by atoms with Crippen molar-refractivity contribution in [1.82, 2.24) is 0 Å². The zero-order valence-electron chi connectivity index (χ0n) is 45.8. The first-order valence-electron chi connectivity index (χ1n) is 30.8. The summed E-state index contributed by atoms with van der Waals surface area (Å²) in [5.74, 6) is 8.25. The Kier molecular flexibility index (Phi) is 18.4. The molecule has 0 N–H and O–H groups in total. The Morgan fingerprint density at radius 2 is 0.400 bits per heavy atom. The quantitative estimate of drug-likeness (QED) is 0.103. The monoisotopic (exact) mass is 1010 g/mol. The van der Waals surface area contributed by atoms with Gasteiger partial charge >= 0.3 is 0 Å². The van der Waals surface area contributed by atoms with Crippen LogP contribution in [0.1, 0.15) is 216 Å². The molecule has 0 aromatic heterocycles. The molecular weight excluding hydrogens is 921 g/mol. The second-order valence-corrected chi connectivity index (χ2v) is 24.7. The van der Waals surface area contributed by atoms with Crippen molar-refractivity contribution in [2.75, 3.05) is 33.0 Å². The third-order valence-corrected chi connectivity index (χ3v) is 18.6. The van der Waals surface area contributed by atoms with E-state index >= 15 is 0 Å². The van der Waals surface area contributed by atoms with Gasteiger partial charge in [0, 0.05) is 32.1 Å². The highest BCUT2D eigenvalue weighted by Crippen LogP contribution is 2.37. The van der Waals surface area contributed by atoms with Crippen molar-refractivity contribution in [3.63, 3.8) is 0 Å². The molecule has 0 unspecified atom stereocenters. The Hall–Kier alpha value is -4.90. The molecule has 75 heavy (non-hydrogen) atoms. The van der Waals surface area contributed by atoms with E-state index in [0.717, 1.165) is 93.9 Å². The molecule has 0 aliphatic heterocycles. The number of ether oxygens (including phenoxy) is 5. The molecule has 20 rings (SSSR count). The summed E-state index contributed by atoms with van der Waals surface area (Å²) >= 11 is 0. The predicted molar refractivity (Wildman–Crippen MR) is 307 cm³/mol. The maximum absolute atomic E-state index is 7.00. The lowest BCUT2D eigenvalue weighted by Gasteiger charge is -2.24. The molecule has 0 atom stereocenters. The second kappa shape index (κ2) is 26.4. The normalized spacial score (nSPS) is 19.7. The van der Waals surface area contributed by atoms with Crippen LogP contribution in [0.3, 0.4) is 0 Å². The first-order valence-corrected chi connectivity index (χ1v) is 30.8. The van der Waals surface area contributed by atoms with Crippen molar-refractivity contribution >= 4 is 0 Å². The SMILES string of the molecule is c1cc2c(OCC3CCCCC3)cc1Cc1ccc(cc1OCC1CCCCC1)Cc1ccc(cc1OCC1CCCCC1)Cc1ccc(cc1OCC1CCCCC1)Cc1ccc(cc1OCC1CCCCC1)C2. The highest BCUT2D eigenvalue weighted by molar-refractivity contribution is 5.51. The molecule has 0 radical (unpaired) electrons. The Morgan fingerprint density at radius 3 is 0.573 bits per heavy atom. The van der Waals surface area contributed by atoms with E-state index in [1.54, 1.807) is 0 Å². The summed E-state index contributed by atoms with van der Waals surface area (Å²) in [4.78, 5) is 0. The van der Waals surface area contributed by atoms with Crippen LogP contribution >= 0.6 is 0 Å². The number of hydrogen-bond acceptors (Lipinski definition) is 5. The van der Waals surface area contributed by atoms with Gasteiger partial charge in [-0.3, -0.25) is 0 Å². The lowest BCUT2D eigenvalue weighted by Crippen LogP contribution is -2.16. The van der Waals surface area contributed by atoms with Gasteiger partial charge in [0.15, 0.2) is 0 Å². The third kappa shape index (κ3) is 14.8. The minimum Gasteiger partial charge on any atom is -0.493 e. The topological polar surface area (TPSA) is 46.2 Å². The summed E-state index contributed by atoms with van der Waals surface area (Å²) in [6, 6.07) is 35.4. The molecule has 10 bridgehead atoms. The smallest absolute Gasteiger partial charge is 0.123 e. The van der Waals surface area contributed by atoms with Crippen LogP contribution in [-0.4, -0.2) is 33.0 Å². The number of rotatable bonds is 15. The van der Waals surface area contributed by atoms with Gasteiger partial charge in [0.1, 0.15) is 28.7 Å². The molecule has 0 saturated heterocycles. The minimum absolute atomic E-state index is 0.618. The van der Waals surface area contributed by atoms with Gasteiger partial charge in [-0.2, -0.15) is 0 Å². The molecule has 5 aromatic carbocycles. The van der Waals surface area contributed by atoms with E-state index in [-0.39, 0.29) is 0 Å². The molecule has 0 amide bonds. The predicted octanol–water partition coefficient (Wildman–Crippen LogP) is 17.7. The molecule has 0 spiro atoms. The molecule has 0 heterocycles. The summed E-state index contributed by atoms with van der Waals surface area (Å²) in [7, 11) is 0. The van der Waals surface area contributed by atoms with Crippen molar-refractivity contribution in [2.45, 2.75) is 193 Å². The highest BCUT2D eigenvalue weighted by Gasteiger charge is 2.23. The van der Waals surface area contributed by atoms with E-state index in [1.165, 1.54) is 216 Å². The summed E-state index contributed by atoms with van der Waals surface area (Å²) in [6.07, 6.45) is 36.5. The van der Waals surface area contributed by atoms with E-state index in [2.05, 4.69) is 91.0 Å². The zero-order valence-corrected chi connectivity index (χ0v) is 45.8. The van der Waals surface area contributed by atoms with Gasteiger partial charge in [0.25, 0.3) is 0 Å². The Morgan fingerprint density at radius 1 is 0.227 bits per heavy atom. The fourth-order valence-corrected chi connectivity index (χ4v) is 13.9. The van der Waals surface area contributed by atoms with Gasteiger partial charge in [-0.15, -0.1) is 0 Å². The third-order valence-electron chi connectivity index (χ3n) is 18.6. The average Bonchev–Trinajstić information content (AvgIpc) is 3.46. The number of hydrogen-bond donors (Lipinski definition) is 0. The van der Waals surface area contributed by atoms with Gasteiger partial charge in [-0.1, -0.05) is 157 Å². The van der Waals surface area contributed by atoms with Crippen LogP contribution in [0.15, 0.2) is 91.0 Å². The first kappa shape index (κ1) is 52.2. The van der Waals surface area contributed by atoms with Crippen molar-refractivity contribution in [3.05, 3.63) is 147 Å². The van der Waals surface area contributed by atoms with Crippen LogP contribution in [0, 0.1) is 29.6 Å². The molecule has 5 saturated carbocycles. The van der Waals surface area contributed by atoms with E-state index in [0.29, 0.717) is 29.6 Å². The van der Waals surface area contributed by atoms with E-state index in [9.17, 15) is 0 Å². The average molecular weight is 1010 g/mol. The summed E-state index contributed by atoms with van der Waals surface area (Å²) in [5.41, 5.74) is 12.6. The van der Waals surface area contributed by atoms with Crippen LogP contribution in [0.2, 0.25) is 0 Å². The fourth-order valence-electron chi connectivity index (χ4n) is 13.9. The van der Waals surface area contributed by atoms with Gasteiger partial charge in [0.05, 0.1) is 33.0 Å². The van der Waals surface area contributed by atoms with Gasteiger partial charge < -0.3 is 23.7 Å². The molecule has 5 fully saturated rings. The van der Waals surface area contributed by atoms with Crippen molar-refractivity contribution < 1.29 is 23.7 Å². The molecule has 400 valence electrons. The highest BCUT2D eigenvalue weighted by atomic mass is 16.5. The maximum Gasteiger partial charge on any atom is 0.123 e. The largest absolute Gasteiger partial charge is 0.493 e. The Bertz CT molecular complexity index is 2170. The van der Waals surface area contributed by atoms with E-state index in [4.69, 9.17) is 23.7 Å². The van der Waals surface area contributed by atoms with Gasteiger partial charge in [-0.25, -0.2) is 0 Å². The van der Waals surface area contributed by atoms with Crippen molar-refractivity contribution in [3.8, 4) is 28.7 Å². The molecule has 15 aliphatic rings. The van der Waals surface area contributed by atoms with Gasteiger partial charge in [0.2, 0.25) is 0 Å². The van der Waals surface area contributed by atoms with Gasteiger partial charge in [-0.05, 0) is 180 Å². The van der Waals surface area contributed by atoms with E-state index in [1.807, 2.05) is 0 Å². The molecule has 5 heteroatoms. The fraction of sp³-hybridized carbons (Fsp3) is 0.571. The first-order chi connectivity index (χ1) is 37.1. The summed E-state index contributed by atoms with van der Waals surface area (Å²) in [6.45, 7) is 3.93. The lowest BCUT2D eigenvalue weighted by atomic mass is 9.90.